The molecule has 0 amide bonds. The third-order valence-corrected chi connectivity index (χ3v) is 1.63. The van der Waals surface area contributed by atoms with E-state index < -0.39 is 49.6 Å². The Kier molecular flexibility index (Phi) is 17.3. The van der Waals surface area contributed by atoms with Crippen LogP contribution in [0, 0.1) is 0 Å². The molecule has 0 aliphatic rings. The zero-order valence-corrected chi connectivity index (χ0v) is 14.7. The Bertz CT molecular complexity index is 405. The van der Waals surface area contributed by atoms with Gasteiger partial charge in [0, 0.05) is 6.04 Å². The number of Topliss-reactive ketones (excluding diaryl/α,β-unsaturated/α-hetero) is 1. The summed E-state index contributed by atoms with van der Waals surface area (Å²) in [5.41, 5.74) is 4.53. The fourth-order valence-electron chi connectivity index (χ4n) is 0.973. The fraction of sp³-hybridized carbons (Fsp3) is 0.833. The Morgan fingerprint density at radius 3 is 1.31 bits per heavy atom. The standard InChI is InChI=1S/C4H6F3NO.C4H8F3N.C4H5F3O.ClH/c1-3(8-9)2-4(5,6)7;2*1-3(8)2-4(5,6)7;/h9H,2H2,1H3;3H,2,8H2,1H3;2H2,1H3;1H/b8-3+;;;. The summed E-state index contributed by atoms with van der Waals surface area (Å²) in [6.45, 7) is 3.34. The maximum absolute atomic E-state index is 11.3. The molecule has 0 rings (SSSR count). The fourth-order valence-corrected chi connectivity index (χ4v) is 0.973. The van der Waals surface area contributed by atoms with E-state index in [1.54, 1.807) is 0 Å². The topological polar surface area (TPSA) is 75.7 Å². The average molecular weight is 431 g/mol. The van der Waals surface area contributed by atoms with Crippen LogP contribution in [0.3, 0.4) is 0 Å². The van der Waals surface area contributed by atoms with Crippen LogP contribution < -0.4 is 5.73 Å². The Morgan fingerprint density at radius 2 is 1.27 bits per heavy atom. The molecule has 160 valence electrons. The van der Waals surface area contributed by atoms with Crippen LogP contribution in [0.1, 0.15) is 40.0 Å². The molecule has 0 aliphatic carbocycles. The van der Waals surface area contributed by atoms with E-state index in [2.05, 4.69) is 5.16 Å². The van der Waals surface area contributed by atoms with Crippen LogP contribution in [0.2, 0.25) is 0 Å². The first-order chi connectivity index (χ1) is 10.8. The lowest BCUT2D eigenvalue weighted by Crippen LogP contribution is -2.23. The van der Waals surface area contributed by atoms with Crippen LogP contribution in [0.4, 0.5) is 39.5 Å². The van der Waals surface area contributed by atoms with Gasteiger partial charge in [0.1, 0.15) is 12.2 Å². The highest BCUT2D eigenvalue weighted by Gasteiger charge is 2.29. The molecule has 0 heterocycles. The van der Waals surface area contributed by atoms with E-state index in [1.165, 1.54) is 6.92 Å². The zero-order valence-electron chi connectivity index (χ0n) is 13.9. The van der Waals surface area contributed by atoms with Crippen molar-refractivity contribution in [2.75, 3.05) is 0 Å². The maximum Gasteiger partial charge on any atom is 0.395 e. The summed E-state index contributed by atoms with van der Waals surface area (Å²) in [7, 11) is 0. The third kappa shape index (κ3) is 43.4. The van der Waals surface area contributed by atoms with E-state index in [-0.39, 0.29) is 18.1 Å². The SMILES string of the molecule is C/C(CC(F)(F)F)=N\O.CC(=O)CC(F)(F)F.CC(N)CC(F)(F)F.Cl. The Balaban J connectivity index is -0.000000137. The minimum absolute atomic E-state index is 0. The number of hydrogen-bond donors (Lipinski definition) is 2. The smallest absolute Gasteiger partial charge is 0.395 e. The second-order valence-electron chi connectivity index (χ2n) is 4.92. The Morgan fingerprint density at radius 1 is 0.923 bits per heavy atom. The van der Waals surface area contributed by atoms with Crippen molar-refractivity contribution in [3.8, 4) is 0 Å². The molecule has 4 nitrogen and oxygen atoms in total. The molecule has 0 saturated carbocycles. The average Bonchev–Trinajstić information content (AvgIpc) is 2.20. The number of alkyl halides is 9. The van der Waals surface area contributed by atoms with E-state index >= 15 is 0 Å². The van der Waals surface area contributed by atoms with Crippen molar-refractivity contribution in [3.05, 3.63) is 0 Å². The van der Waals surface area contributed by atoms with E-state index in [4.69, 9.17) is 10.9 Å². The van der Waals surface area contributed by atoms with Gasteiger partial charge < -0.3 is 10.9 Å². The van der Waals surface area contributed by atoms with Gasteiger partial charge in [0.15, 0.2) is 0 Å². The molecule has 3 N–H and O–H groups in total. The van der Waals surface area contributed by atoms with Crippen molar-refractivity contribution in [1.29, 1.82) is 0 Å². The normalized spacial score (nSPS) is 13.3. The van der Waals surface area contributed by atoms with Crippen LogP contribution in [-0.4, -0.2) is 41.3 Å². The minimum Gasteiger partial charge on any atom is -0.411 e. The van der Waals surface area contributed by atoms with Gasteiger partial charge in [-0.25, -0.2) is 0 Å². The predicted octanol–water partition coefficient (Wildman–Crippen LogP) is 5.02. The van der Waals surface area contributed by atoms with Gasteiger partial charge in [-0.3, -0.25) is 4.79 Å². The summed E-state index contributed by atoms with van der Waals surface area (Å²) in [6.07, 6.45) is -16.1. The molecule has 1 atom stereocenters. The highest BCUT2D eigenvalue weighted by atomic mass is 35.5. The summed E-state index contributed by atoms with van der Waals surface area (Å²) in [4.78, 5) is 9.74. The molecule has 26 heavy (non-hydrogen) atoms. The molecule has 0 aromatic carbocycles. The van der Waals surface area contributed by atoms with Crippen LogP contribution in [-0.2, 0) is 4.79 Å². The third-order valence-electron chi connectivity index (χ3n) is 1.63. The Labute approximate surface area is 150 Å². The first-order valence-corrected chi connectivity index (χ1v) is 6.42. The zero-order chi connectivity index (χ0) is 21.1. The lowest BCUT2D eigenvalue weighted by molar-refractivity contribution is -0.150. The molecule has 0 aromatic rings. The number of halogens is 10. The molecule has 0 bridgehead atoms. The van der Waals surface area contributed by atoms with Crippen molar-refractivity contribution >= 4 is 23.9 Å². The van der Waals surface area contributed by atoms with Crippen LogP contribution in [0.5, 0.6) is 0 Å². The number of oxime groups is 1. The largest absolute Gasteiger partial charge is 0.411 e. The number of nitrogens with zero attached hydrogens (tertiary/aromatic N) is 1. The summed E-state index contributed by atoms with van der Waals surface area (Å²) < 4.78 is 101. The quantitative estimate of drug-likeness (QED) is 0.285. The van der Waals surface area contributed by atoms with Gasteiger partial charge in [-0.1, -0.05) is 5.16 Å². The predicted molar refractivity (Wildman–Crippen MR) is 78.5 cm³/mol. The molecule has 0 fully saturated rings. The summed E-state index contributed by atoms with van der Waals surface area (Å²) in [5, 5.41) is 10.2. The van der Waals surface area contributed by atoms with Crippen LogP contribution in [0.15, 0.2) is 5.16 Å². The highest BCUT2D eigenvalue weighted by molar-refractivity contribution is 5.85. The summed E-state index contributed by atoms with van der Waals surface area (Å²) in [5.74, 6) is -0.850. The van der Waals surface area contributed by atoms with E-state index in [0.29, 0.717) is 0 Å². The lowest BCUT2D eigenvalue weighted by atomic mass is 10.2. The number of carbonyl (C=O) groups is 1. The van der Waals surface area contributed by atoms with Gasteiger partial charge in [0.05, 0.1) is 18.6 Å². The number of hydrogen-bond acceptors (Lipinski definition) is 4. The molecule has 1 unspecified atom stereocenters. The van der Waals surface area contributed by atoms with Gasteiger partial charge in [-0.15, -0.1) is 12.4 Å². The molecule has 0 aromatic heterocycles. The molecular formula is C12H20ClF9N2O2. The van der Waals surface area contributed by atoms with Crippen molar-refractivity contribution in [2.45, 2.75) is 64.6 Å². The van der Waals surface area contributed by atoms with Crippen molar-refractivity contribution in [2.24, 2.45) is 10.9 Å². The van der Waals surface area contributed by atoms with Crippen molar-refractivity contribution in [3.63, 3.8) is 0 Å². The lowest BCUT2D eigenvalue weighted by Gasteiger charge is -2.07. The van der Waals surface area contributed by atoms with E-state index in [1.807, 2.05) is 0 Å². The maximum atomic E-state index is 11.3. The molecule has 14 heteroatoms. The van der Waals surface area contributed by atoms with Crippen molar-refractivity contribution < 1.29 is 49.5 Å². The van der Waals surface area contributed by atoms with Gasteiger partial charge in [-0.05, 0) is 20.8 Å². The summed E-state index contributed by atoms with van der Waals surface area (Å²) >= 11 is 0. The molecule has 0 radical (unpaired) electrons. The Hall–Kier alpha value is -1.24. The van der Waals surface area contributed by atoms with Gasteiger partial charge in [0.25, 0.3) is 0 Å². The second-order valence-corrected chi connectivity index (χ2v) is 4.92. The first-order valence-electron chi connectivity index (χ1n) is 6.42. The van der Waals surface area contributed by atoms with Crippen LogP contribution >= 0.6 is 12.4 Å². The molecular weight excluding hydrogens is 411 g/mol. The van der Waals surface area contributed by atoms with Gasteiger partial charge in [-0.2, -0.15) is 39.5 Å². The molecule has 0 aliphatic heterocycles. The first kappa shape index (κ1) is 32.4. The second kappa shape index (κ2) is 13.9. The minimum atomic E-state index is -4.33. The highest BCUT2D eigenvalue weighted by Crippen LogP contribution is 2.20. The number of carbonyl (C=O) groups excluding carboxylic acids is 1. The van der Waals surface area contributed by atoms with Crippen LogP contribution in [0.25, 0.3) is 0 Å². The molecule has 0 spiro atoms. The van der Waals surface area contributed by atoms with E-state index in [0.717, 1.165) is 13.8 Å². The van der Waals surface area contributed by atoms with Gasteiger partial charge in [0.2, 0.25) is 0 Å². The molecule has 0 saturated heterocycles. The summed E-state index contributed by atoms with van der Waals surface area (Å²) in [6, 6.07) is -0.782. The van der Waals surface area contributed by atoms with E-state index in [9.17, 15) is 44.3 Å². The number of ketones is 1. The van der Waals surface area contributed by atoms with Gasteiger partial charge >= 0.3 is 18.5 Å². The number of rotatable bonds is 3. The number of nitrogens with two attached hydrogens (primary N) is 1. The monoisotopic (exact) mass is 430 g/mol. The van der Waals surface area contributed by atoms with Crippen molar-refractivity contribution in [1.82, 2.24) is 0 Å².